The second kappa shape index (κ2) is 13.0. The molecular formula is C24H31FN4O4. The van der Waals surface area contributed by atoms with Crippen LogP contribution in [0.3, 0.4) is 0 Å². The van der Waals surface area contributed by atoms with Gasteiger partial charge in [-0.25, -0.2) is 9.18 Å². The molecule has 0 aliphatic heterocycles. The van der Waals surface area contributed by atoms with Gasteiger partial charge >= 0.3 is 6.09 Å². The molecule has 2 rings (SSSR count). The minimum absolute atomic E-state index is 0.103. The van der Waals surface area contributed by atoms with Crippen molar-refractivity contribution in [2.24, 2.45) is 5.92 Å². The molecule has 0 fully saturated rings. The van der Waals surface area contributed by atoms with Crippen molar-refractivity contribution in [2.75, 3.05) is 29.1 Å². The van der Waals surface area contributed by atoms with Gasteiger partial charge in [-0.3, -0.25) is 14.9 Å². The van der Waals surface area contributed by atoms with Gasteiger partial charge < -0.3 is 20.7 Å². The number of ether oxygens (including phenoxy) is 1. The first-order chi connectivity index (χ1) is 15.8. The Morgan fingerprint density at radius 1 is 1.00 bits per heavy atom. The molecule has 0 aromatic heterocycles. The number of hydrogen-bond donors (Lipinski definition) is 4. The fourth-order valence-corrected chi connectivity index (χ4v) is 2.97. The van der Waals surface area contributed by atoms with Gasteiger partial charge in [-0.15, -0.1) is 0 Å². The third-order valence-corrected chi connectivity index (χ3v) is 4.83. The van der Waals surface area contributed by atoms with Crippen molar-refractivity contribution in [1.29, 1.82) is 0 Å². The summed E-state index contributed by atoms with van der Waals surface area (Å²) >= 11 is 0. The van der Waals surface area contributed by atoms with Gasteiger partial charge in [-0.1, -0.05) is 19.1 Å². The van der Waals surface area contributed by atoms with Gasteiger partial charge in [0.15, 0.2) is 0 Å². The van der Waals surface area contributed by atoms with E-state index in [1.807, 2.05) is 6.92 Å². The van der Waals surface area contributed by atoms with Crippen molar-refractivity contribution in [1.82, 2.24) is 5.32 Å². The number of anilines is 3. The molecule has 2 aromatic rings. The van der Waals surface area contributed by atoms with Crippen LogP contribution in [0.2, 0.25) is 0 Å². The van der Waals surface area contributed by atoms with E-state index in [0.717, 1.165) is 5.56 Å². The van der Waals surface area contributed by atoms with E-state index in [0.29, 0.717) is 36.6 Å². The monoisotopic (exact) mass is 458 g/mol. The zero-order valence-electron chi connectivity index (χ0n) is 19.2. The summed E-state index contributed by atoms with van der Waals surface area (Å²) in [5.41, 5.74) is 2.35. The van der Waals surface area contributed by atoms with Gasteiger partial charge in [-0.05, 0) is 56.2 Å². The second-order valence-electron chi connectivity index (χ2n) is 7.47. The molecule has 0 unspecified atom stereocenters. The summed E-state index contributed by atoms with van der Waals surface area (Å²) in [4.78, 5) is 36.3. The van der Waals surface area contributed by atoms with Gasteiger partial charge in [-0.2, -0.15) is 0 Å². The van der Waals surface area contributed by atoms with E-state index in [2.05, 4.69) is 21.3 Å². The number of hydrogen-bond acceptors (Lipinski definition) is 5. The van der Waals surface area contributed by atoms with Gasteiger partial charge in [0, 0.05) is 31.1 Å². The molecule has 33 heavy (non-hydrogen) atoms. The number of nitrogens with one attached hydrogen (secondary N) is 4. The SMILES string of the molecule is CCNC(=O)CC[C@H](C)C(=O)Nc1cc(NCc2ccc(F)cc2)ccc1NC(=O)OCC. The van der Waals surface area contributed by atoms with Crippen LogP contribution < -0.4 is 21.3 Å². The standard InChI is InChI=1S/C24H31FN4O4/c1-4-26-22(30)13-6-16(3)23(31)28-21-14-19(11-12-20(21)29-24(32)33-5-2)27-15-17-7-9-18(25)10-8-17/h7-12,14,16,27H,4-6,13,15H2,1-3H3,(H,26,30)(H,28,31)(H,29,32)/t16-/m0/s1. The molecule has 9 heteroatoms. The van der Waals surface area contributed by atoms with E-state index < -0.39 is 12.0 Å². The quantitative estimate of drug-likeness (QED) is 0.397. The normalized spacial score (nSPS) is 11.3. The van der Waals surface area contributed by atoms with Crippen LogP contribution in [0.15, 0.2) is 42.5 Å². The number of rotatable bonds is 11. The molecule has 0 saturated carbocycles. The Kier molecular flexibility index (Phi) is 10.1. The minimum atomic E-state index is -0.635. The Balaban J connectivity index is 2.11. The predicted molar refractivity (Wildman–Crippen MR) is 127 cm³/mol. The molecule has 0 saturated heterocycles. The lowest BCUT2D eigenvalue weighted by Crippen LogP contribution is -2.26. The fraction of sp³-hybridized carbons (Fsp3) is 0.375. The molecular weight excluding hydrogens is 427 g/mol. The average Bonchev–Trinajstić information content (AvgIpc) is 2.79. The van der Waals surface area contributed by atoms with Crippen LogP contribution in [0.5, 0.6) is 0 Å². The van der Waals surface area contributed by atoms with Gasteiger partial charge in [0.05, 0.1) is 18.0 Å². The Bertz CT molecular complexity index is 950. The van der Waals surface area contributed by atoms with Crippen LogP contribution in [0.4, 0.5) is 26.2 Å². The first-order valence-electron chi connectivity index (χ1n) is 11.0. The molecule has 0 heterocycles. The molecule has 8 nitrogen and oxygen atoms in total. The lowest BCUT2D eigenvalue weighted by atomic mass is 10.0. The van der Waals surface area contributed by atoms with E-state index in [-0.39, 0.29) is 30.7 Å². The van der Waals surface area contributed by atoms with E-state index in [9.17, 15) is 18.8 Å². The third-order valence-electron chi connectivity index (χ3n) is 4.83. The van der Waals surface area contributed by atoms with Gasteiger partial charge in [0.1, 0.15) is 5.82 Å². The fourth-order valence-electron chi connectivity index (χ4n) is 2.97. The van der Waals surface area contributed by atoms with Crippen LogP contribution in [0, 0.1) is 11.7 Å². The highest BCUT2D eigenvalue weighted by atomic mass is 19.1. The van der Waals surface area contributed by atoms with Crippen LogP contribution >= 0.6 is 0 Å². The maximum atomic E-state index is 13.1. The largest absolute Gasteiger partial charge is 0.450 e. The first-order valence-corrected chi connectivity index (χ1v) is 11.0. The molecule has 0 radical (unpaired) electrons. The number of amides is 3. The maximum Gasteiger partial charge on any atom is 0.411 e. The third kappa shape index (κ3) is 8.80. The van der Waals surface area contributed by atoms with Gasteiger partial charge in [0.25, 0.3) is 0 Å². The van der Waals surface area contributed by atoms with Crippen molar-refractivity contribution in [3.05, 3.63) is 53.8 Å². The van der Waals surface area contributed by atoms with Crippen LogP contribution in [-0.4, -0.2) is 31.1 Å². The summed E-state index contributed by atoms with van der Waals surface area (Å²) in [6.07, 6.45) is 0.000452. The van der Waals surface area contributed by atoms with Crippen LogP contribution in [0.25, 0.3) is 0 Å². The maximum absolute atomic E-state index is 13.1. The van der Waals surface area contributed by atoms with E-state index in [1.54, 1.807) is 44.2 Å². The van der Waals surface area contributed by atoms with Crippen molar-refractivity contribution in [2.45, 2.75) is 40.2 Å². The lowest BCUT2D eigenvalue weighted by molar-refractivity contribution is -0.122. The highest BCUT2D eigenvalue weighted by molar-refractivity contribution is 5.99. The molecule has 178 valence electrons. The highest BCUT2D eigenvalue weighted by Crippen LogP contribution is 2.27. The number of benzene rings is 2. The molecule has 0 aliphatic carbocycles. The summed E-state index contributed by atoms with van der Waals surface area (Å²) in [5.74, 6) is -1.10. The predicted octanol–water partition coefficient (Wildman–Crippen LogP) is 4.50. The Labute approximate surface area is 193 Å². The summed E-state index contributed by atoms with van der Waals surface area (Å²) in [7, 11) is 0. The summed E-state index contributed by atoms with van der Waals surface area (Å²) in [5, 5.41) is 11.4. The van der Waals surface area contributed by atoms with Crippen molar-refractivity contribution in [3.63, 3.8) is 0 Å². The Hall–Kier alpha value is -3.62. The topological polar surface area (TPSA) is 109 Å². The average molecular weight is 459 g/mol. The van der Waals surface area contributed by atoms with Crippen molar-refractivity contribution >= 4 is 35.0 Å². The Morgan fingerprint density at radius 3 is 2.39 bits per heavy atom. The lowest BCUT2D eigenvalue weighted by Gasteiger charge is -2.17. The van der Waals surface area contributed by atoms with Crippen LogP contribution in [0.1, 0.15) is 39.2 Å². The first kappa shape index (κ1) is 25.6. The van der Waals surface area contributed by atoms with E-state index in [4.69, 9.17) is 4.74 Å². The summed E-state index contributed by atoms with van der Waals surface area (Å²) in [6.45, 7) is 6.47. The summed E-state index contributed by atoms with van der Waals surface area (Å²) < 4.78 is 18.0. The molecule has 0 aliphatic rings. The smallest absolute Gasteiger partial charge is 0.411 e. The molecule has 3 amide bonds. The van der Waals surface area contributed by atoms with E-state index >= 15 is 0 Å². The van der Waals surface area contributed by atoms with Crippen LogP contribution in [-0.2, 0) is 20.9 Å². The van der Waals surface area contributed by atoms with Crippen molar-refractivity contribution < 1.29 is 23.5 Å². The number of carbonyl (C=O) groups is 3. The summed E-state index contributed by atoms with van der Waals surface area (Å²) in [6, 6.07) is 11.2. The molecule has 0 spiro atoms. The highest BCUT2D eigenvalue weighted by Gasteiger charge is 2.17. The van der Waals surface area contributed by atoms with Crippen molar-refractivity contribution in [3.8, 4) is 0 Å². The zero-order valence-corrected chi connectivity index (χ0v) is 19.2. The molecule has 0 bridgehead atoms. The zero-order chi connectivity index (χ0) is 24.2. The van der Waals surface area contributed by atoms with Gasteiger partial charge in [0.2, 0.25) is 11.8 Å². The molecule has 2 aromatic carbocycles. The molecule has 1 atom stereocenters. The minimum Gasteiger partial charge on any atom is -0.450 e. The second-order valence-corrected chi connectivity index (χ2v) is 7.47. The number of halogens is 1. The molecule has 4 N–H and O–H groups in total. The Morgan fingerprint density at radius 2 is 1.73 bits per heavy atom. The van der Waals surface area contributed by atoms with E-state index in [1.165, 1.54) is 12.1 Å². The number of carbonyl (C=O) groups excluding carboxylic acids is 3.